The van der Waals surface area contributed by atoms with E-state index in [2.05, 4.69) is 6.58 Å². The van der Waals surface area contributed by atoms with Gasteiger partial charge in [0.15, 0.2) is 5.78 Å². The summed E-state index contributed by atoms with van der Waals surface area (Å²) in [5, 5.41) is 0. The number of hydrogen-bond acceptors (Lipinski definition) is 9. The van der Waals surface area contributed by atoms with E-state index in [0.29, 0.717) is 12.0 Å². The van der Waals surface area contributed by atoms with Crippen molar-refractivity contribution in [1.29, 1.82) is 0 Å². The van der Waals surface area contributed by atoms with Crippen molar-refractivity contribution in [2.24, 2.45) is 28.1 Å². The van der Waals surface area contributed by atoms with Crippen LogP contribution in [0.3, 0.4) is 0 Å². The van der Waals surface area contributed by atoms with Gasteiger partial charge in [-0.25, -0.2) is 0 Å². The second-order valence-corrected chi connectivity index (χ2v) is 12.7. The molecule has 0 amide bonds. The summed E-state index contributed by atoms with van der Waals surface area (Å²) in [5.41, 5.74) is -1.98. The molecule has 0 aromatic carbocycles. The molecule has 1 saturated heterocycles. The number of furan rings is 1. The molecule has 3 fully saturated rings. The molecule has 1 spiro atoms. The first-order valence-corrected chi connectivity index (χ1v) is 13.7. The van der Waals surface area contributed by atoms with Crippen LogP contribution in [0.5, 0.6) is 0 Å². The highest BCUT2D eigenvalue weighted by molar-refractivity contribution is 5.96. The molecule has 1 aromatic rings. The van der Waals surface area contributed by atoms with Crippen LogP contribution in [0, 0.1) is 28.1 Å². The molecule has 0 radical (unpaired) electrons. The number of esters is 3. The van der Waals surface area contributed by atoms with Crippen LogP contribution in [0.4, 0.5) is 0 Å². The van der Waals surface area contributed by atoms with Crippen LogP contribution in [-0.4, -0.2) is 54.7 Å². The summed E-state index contributed by atoms with van der Waals surface area (Å²) in [4.78, 5) is 51.2. The predicted octanol–water partition coefficient (Wildman–Crippen LogP) is 4.31. The SMILES string of the molecule is C=C1[C@@H]([C@@]2(C)C=CC(=O)C(C)(C)[C@@H]2CC(=O)OC)[C@H](OC(C)=O)[C@H](OC(C)=O)[C@@]2(C)[C@@H](c3ccoc3)C[C@H]3O[C@]132. The van der Waals surface area contributed by atoms with Gasteiger partial charge in [0, 0.05) is 36.5 Å². The molecule has 1 aromatic heterocycles. The summed E-state index contributed by atoms with van der Waals surface area (Å²) < 4.78 is 29.2. The number of rotatable bonds is 6. The van der Waals surface area contributed by atoms with Gasteiger partial charge in [0.25, 0.3) is 0 Å². The Morgan fingerprint density at radius 3 is 2.35 bits per heavy atom. The molecule has 4 aliphatic rings. The van der Waals surface area contributed by atoms with Gasteiger partial charge in [-0.1, -0.05) is 40.3 Å². The molecule has 0 unspecified atom stereocenters. The second-order valence-electron chi connectivity index (χ2n) is 12.7. The van der Waals surface area contributed by atoms with E-state index >= 15 is 0 Å². The van der Waals surface area contributed by atoms with Crippen molar-refractivity contribution in [3.8, 4) is 0 Å². The zero-order chi connectivity index (χ0) is 29.4. The maximum Gasteiger partial charge on any atom is 0.305 e. The maximum atomic E-state index is 13.1. The van der Waals surface area contributed by atoms with Crippen molar-refractivity contribution in [2.45, 2.75) is 84.2 Å². The maximum absolute atomic E-state index is 13.1. The van der Waals surface area contributed by atoms with Gasteiger partial charge in [-0.15, -0.1) is 0 Å². The van der Waals surface area contributed by atoms with E-state index in [9.17, 15) is 19.2 Å². The van der Waals surface area contributed by atoms with Crippen LogP contribution in [-0.2, 0) is 38.1 Å². The Kier molecular flexibility index (Phi) is 6.49. The Bertz CT molecular complexity index is 1290. The summed E-state index contributed by atoms with van der Waals surface area (Å²) in [6, 6.07) is 1.89. The monoisotopic (exact) mass is 554 g/mol. The Morgan fingerprint density at radius 1 is 1.10 bits per heavy atom. The van der Waals surface area contributed by atoms with Gasteiger partial charge in [0.1, 0.15) is 17.8 Å². The van der Waals surface area contributed by atoms with Crippen molar-refractivity contribution in [3.63, 3.8) is 0 Å². The fourth-order valence-electron chi connectivity index (χ4n) is 8.53. The van der Waals surface area contributed by atoms with Crippen molar-refractivity contribution in [3.05, 3.63) is 48.5 Å². The minimum atomic E-state index is -0.972. The molecule has 3 aliphatic carbocycles. The van der Waals surface area contributed by atoms with Gasteiger partial charge >= 0.3 is 17.9 Å². The summed E-state index contributed by atoms with van der Waals surface area (Å²) >= 11 is 0. The van der Waals surface area contributed by atoms with Gasteiger partial charge < -0.3 is 23.4 Å². The minimum Gasteiger partial charge on any atom is -0.472 e. The fourth-order valence-corrected chi connectivity index (χ4v) is 8.53. The Morgan fingerprint density at radius 2 is 1.77 bits per heavy atom. The third kappa shape index (κ3) is 3.69. The van der Waals surface area contributed by atoms with Crippen molar-refractivity contribution in [1.82, 2.24) is 0 Å². The van der Waals surface area contributed by atoms with E-state index in [0.717, 1.165) is 5.56 Å². The quantitative estimate of drug-likeness (QED) is 0.219. The molecule has 5 rings (SSSR count). The molecule has 9 atom stereocenters. The van der Waals surface area contributed by atoms with Crippen LogP contribution >= 0.6 is 0 Å². The van der Waals surface area contributed by atoms with E-state index in [-0.39, 0.29) is 24.2 Å². The zero-order valence-electron chi connectivity index (χ0n) is 24.1. The Balaban J connectivity index is 1.73. The Labute approximate surface area is 234 Å². The number of allylic oxidation sites excluding steroid dienone is 2. The van der Waals surface area contributed by atoms with Gasteiger partial charge in [-0.05, 0) is 35.6 Å². The number of carbonyl (C=O) groups excluding carboxylic acids is 4. The van der Waals surface area contributed by atoms with E-state index in [1.807, 2.05) is 33.8 Å². The lowest BCUT2D eigenvalue weighted by atomic mass is 9.46. The van der Waals surface area contributed by atoms with E-state index in [1.165, 1.54) is 27.0 Å². The zero-order valence-corrected chi connectivity index (χ0v) is 24.1. The number of ether oxygens (including phenoxy) is 4. The van der Waals surface area contributed by atoms with E-state index < -0.39 is 63.8 Å². The largest absolute Gasteiger partial charge is 0.472 e. The summed E-state index contributed by atoms with van der Waals surface area (Å²) in [6.45, 7) is 14.8. The number of epoxide rings is 1. The second kappa shape index (κ2) is 9.16. The number of carbonyl (C=O) groups is 4. The minimum absolute atomic E-state index is 0.0446. The first-order chi connectivity index (χ1) is 18.7. The van der Waals surface area contributed by atoms with Gasteiger partial charge in [-0.2, -0.15) is 0 Å². The molecule has 2 saturated carbocycles. The van der Waals surface area contributed by atoms with Crippen LogP contribution in [0.1, 0.15) is 65.9 Å². The number of ketones is 1. The first kappa shape index (κ1) is 28.3. The van der Waals surface area contributed by atoms with Gasteiger partial charge in [-0.3, -0.25) is 19.2 Å². The van der Waals surface area contributed by atoms with Gasteiger partial charge in [0.2, 0.25) is 0 Å². The summed E-state index contributed by atoms with van der Waals surface area (Å²) in [6.07, 6.45) is 5.12. The van der Waals surface area contributed by atoms with E-state index in [4.69, 9.17) is 23.4 Å². The molecule has 0 bridgehead atoms. The lowest BCUT2D eigenvalue weighted by Gasteiger charge is -2.59. The topological polar surface area (TPSA) is 122 Å². The molecule has 0 N–H and O–H groups in total. The molecule has 216 valence electrons. The smallest absolute Gasteiger partial charge is 0.305 e. The molecule has 40 heavy (non-hydrogen) atoms. The highest BCUT2D eigenvalue weighted by Gasteiger charge is 2.84. The van der Waals surface area contributed by atoms with E-state index in [1.54, 1.807) is 18.6 Å². The van der Waals surface area contributed by atoms with Gasteiger partial charge in [0.05, 0.1) is 37.6 Å². The molecule has 9 heteroatoms. The average molecular weight is 555 g/mol. The molecule has 9 nitrogen and oxygen atoms in total. The Hall–Kier alpha value is -3.20. The van der Waals surface area contributed by atoms with Crippen LogP contribution < -0.4 is 0 Å². The highest BCUT2D eigenvalue weighted by Crippen LogP contribution is 2.76. The lowest BCUT2D eigenvalue weighted by Crippen LogP contribution is -2.66. The number of hydrogen-bond donors (Lipinski definition) is 0. The van der Waals surface area contributed by atoms with Crippen LogP contribution in [0.15, 0.2) is 47.3 Å². The molecule has 1 aliphatic heterocycles. The fraction of sp³-hybridized carbons (Fsp3) is 0.613. The number of methoxy groups -OCH3 is 1. The highest BCUT2D eigenvalue weighted by atomic mass is 16.6. The standard InChI is InChI=1S/C31H38O9/c1-16-25(29(6)11-9-22(34)28(4,5)21(29)14-24(35)36-8)26(38-17(2)32)27(39-18(3)33)30(7)20(19-10-12-37-15-19)13-23-31(16,30)40-23/h9-12,15,20-21,23,25-27H,1,13-14H2,2-8H3/t20-,21+,23-,25-,26+,27+,29+,30-,31-/m1/s1. The van der Waals surface area contributed by atoms with Crippen LogP contribution in [0.2, 0.25) is 0 Å². The van der Waals surface area contributed by atoms with Crippen LogP contribution in [0.25, 0.3) is 0 Å². The predicted molar refractivity (Wildman–Crippen MR) is 142 cm³/mol. The summed E-state index contributed by atoms with van der Waals surface area (Å²) in [7, 11) is 1.31. The molecular weight excluding hydrogens is 516 g/mol. The normalized spacial score (nSPS) is 41.1. The van der Waals surface area contributed by atoms with Crippen molar-refractivity contribution < 1.29 is 42.5 Å². The average Bonchev–Trinajstić information content (AvgIpc) is 3.22. The summed E-state index contributed by atoms with van der Waals surface area (Å²) in [5.74, 6) is -2.99. The third-order valence-corrected chi connectivity index (χ3v) is 10.4. The first-order valence-electron chi connectivity index (χ1n) is 13.7. The third-order valence-electron chi connectivity index (χ3n) is 10.4. The van der Waals surface area contributed by atoms with Crippen molar-refractivity contribution >= 4 is 23.7 Å². The molecule has 2 heterocycles. The van der Waals surface area contributed by atoms with Crippen molar-refractivity contribution in [2.75, 3.05) is 7.11 Å². The molecular formula is C31H38O9. The lowest BCUT2D eigenvalue weighted by molar-refractivity contribution is -0.206.